The molecule has 0 bridgehead atoms. The van der Waals surface area contributed by atoms with Crippen molar-refractivity contribution in [3.63, 3.8) is 0 Å². The predicted molar refractivity (Wildman–Crippen MR) is 254 cm³/mol. The van der Waals surface area contributed by atoms with E-state index in [-0.39, 0.29) is 40.1 Å². The molecule has 9 rings (SSSR count). The van der Waals surface area contributed by atoms with E-state index >= 15 is 0 Å². The van der Waals surface area contributed by atoms with Crippen LogP contribution in [-0.4, -0.2) is 198 Å². The van der Waals surface area contributed by atoms with Gasteiger partial charge in [0.05, 0.1) is 36.9 Å². The molecule has 20 nitrogen and oxygen atoms in total. The van der Waals surface area contributed by atoms with Crippen molar-refractivity contribution in [2.75, 3.05) is 13.2 Å². The summed E-state index contributed by atoms with van der Waals surface area (Å²) in [6, 6.07) is 0. The van der Waals surface area contributed by atoms with Gasteiger partial charge in [0, 0.05) is 0 Å². The van der Waals surface area contributed by atoms with Gasteiger partial charge in [-0.1, -0.05) is 60.1 Å². The minimum Gasteiger partial charge on any atom is -0.481 e. The summed E-state index contributed by atoms with van der Waals surface area (Å²) in [5.41, 5.74) is -0.00652. The summed E-state index contributed by atoms with van der Waals surface area (Å²) in [5, 5.41) is 121. The van der Waals surface area contributed by atoms with Crippen molar-refractivity contribution in [1.82, 2.24) is 0 Å². The van der Waals surface area contributed by atoms with E-state index in [0.29, 0.717) is 25.2 Å². The molecule has 0 aromatic heterocycles. The average Bonchev–Trinajstić information content (AvgIpc) is 3.32. The molecule has 0 aromatic rings. The van der Waals surface area contributed by atoms with Crippen molar-refractivity contribution in [2.45, 2.75) is 249 Å². The number of carboxylic acids is 1. The third kappa shape index (κ3) is 9.11. The largest absolute Gasteiger partial charge is 0.481 e. The van der Waals surface area contributed by atoms with Gasteiger partial charge in [0.15, 0.2) is 25.2 Å². The van der Waals surface area contributed by atoms with Crippen LogP contribution in [0.15, 0.2) is 11.6 Å². The summed E-state index contributed by atoms with van der Waals surface area (Å²) < 4.78 is 48.6. The molecule has 8 fully saturated rings. The Bertz CT molecular complexity index is 2020. The Kier molecular flexibility index (Phi) is 15.4. The lowest BCUT2D eigenvalue weighted by molar-refractivity contribution is -0.399. The van der Waals surface area contributed by atoms with Gasteiger partial charge < -0.3 is 94.1 Å². The maximum atomic E-state index is 13.2. The Labute approximate surface area is 428 Å². The van der Waals surface area contributed by atoms with Crippen LogP contribution in [0.2, 0.25) is 0 Å². The van der Waals surface area contributed by atoms with Gasteiger partial charge in [-0.05, 0) is 123 Å². The number of allylic oxidation sites excluding steroid dienone is 2. The van der Waals surface area contributed by atoms with Gasteiger partial charge in [0.2, 0.25) is 0 Å². The first kappa shape index (κ1) is 56.2. The van der Waals surface area contributed by atoms with Crippen LogP contribution in [0.3, 0.4) is 0 Å². The summed E-state index contributed by atoms with van der Waals surface area (Å²) in [6.45, 7) is 18.0. The van der Waals surface area contributed by atoms with Gasteiger partial charge in [0.25, 0.3) is 0 Å². The molecule has 0 radical (unpaired) electrons. The van der Waals surface area contributed by atoms with E-state index in [4.69, 9.17) is 37.9 Å². The van der Waals surface area contributed by atoms with Gasteiger partial charge in [-0.3, -0.25) is 4.79 Å². The van der Waals surface area contributed by atoms with Crippen molar-refractivity contribution >= 4 is 5.97 Å². The average molecular weight is 1040 g/mol. The van der Waals surface area contributed by atoms with E-state index in [2.05, 4.69) is 54.5 Å². The molecule has 11 N–H and O–H groups in total. The molecule has 4 saturated heterocycles. The maximum Gasteiger partial charge on any atom is 0.310 e. The molecule has 0 aromatic carbocycles. The van der Waals surface area contributed by atoms with Gasteiger partial charge in [0.1, 0.15) is 79.4 Å². The molecule has 27 unspecified atom stereocenters. The third-order valence-electron chi connectivity index (χ3n) is 21.0. The van der Waals surface area contributed by atoms with E-state index < -0.39 is 146 Å². The Balaban J connectivity index is 0.929. The van der Waals surface area contributed by atoms with Crippen LogP contribution in [0.25, 0.3) is 0 Å². The summed E-state index contributed by atoms with van der Waals surface area (Å²) in [4.78, 5) is 13.2. The molecule has 5 aliphatic carbocycles. The highest BCUT2D eigenvalue weighted by atomic mass is 16.8. The zero-order valence-electron chi connectivity index (χ0n) is 43.9. The number of hydrogen-bond acceptors (Lipinski definition) is 19. The monoisotopic (exact) mass is 1040 g/mol. The highest BCUT2D eigenvalue weighted by Crippen LogP contribution is 2.76. The van der Waals surface area contributed by atoms with E-state index in [9.17, 15) is 61.0 Å². The van der Waals surface area contributed by atoms with Crippen molar-refractivity contribution in [3.8, 4) is 0 Å². The molecule has 4 saturated carbocycles. The van der Waals surface area contributed by atoms with Crippen LogP contribution in [0.1, 0.15) is 127 Å². The second-order valence-electron chi connectivity index (χ2n) is 25.8. The molecular formula is C53H86O20. The number of aliphatic hydroxyl groups is 10. The molecule has 20 heteroatoms. The Morgan fingerprint density at radius 1 is 0.616 bits per heavy atom. The number of carboxylic acid groups (broad SMARTS) is 1. The van der Waals surface area contributed by atoms with Gasteiger partial charge in [-0.25, -0.2) is 0 Å². The Morgan fingerprint density at radius 2 is 1.21 bits per heavy atom. The number of rotatable bonds is 10. The smallest absolute Gasteiger partial charge is 0.310 e. The minimum atomic E-state index is -1.90. The molecule has 0 amide bonds. The highest BCUT2D eigenvalue weighted by Gasteiger charge is 2.70. The van der Waals surface area contributed by atoms with Crippen LogP contribution >= 0.6 is 0 Å². The van der Waals surface area contributed by atoms with Crippen molar-refractivity contribution in [2.24, 2.45) is 50.2 Å². The second-order valence-corrected chi connectivity index (χ2v) is 25.8. The summed E-state index contributed by atoms with van der Waals surface area (Å²) >= 11 is 0. The second kappa shape index (κ2) is 20.0. The predicted octanol–water partition coefficient (Wildman–Crippen LogP) is 1.22. The quantitative estimate of drug-likeness (QED) is 0.108. The van der Waals surface area contributed by atoms with Crippen LogP contribution < -0.4 is 0 Å². The summed E-state index contributed by atoms with van der Waals surface area (Å²) in [6.07, 6.45) is -19.8. The van der Waals surface area contributed by atoms with Crippen LogP contribution in [0.4, 0.5) is 0 Å². The number of aliphatic hydroxyl groups excluding tert-OH is 10. The standard InChI is InChI=1S/C53H86O20/c1-23-32(56)34(58)36(60)44(67-23)72-41-28(21-54)69-46(42(38(41)62)73-45-37(61)35(59)33(57)24(2)68-45)71-40-27(55)22-66-43(39(40)63)70-31-13-14-50(7)29(49(31,5)6)12-15-52(9)30(50)11-10-25-26-20-48(3,4)16-18-53(26,47(64)65)19-17-51(25,52)8/h10,23-24,26-46,54-63H,11-22H2,1-9H3,(H,64,65). The van der Waals surface area contributed by atoms with Crippen LogP contribution in [0, 0.1) is 50.2 Å². The van der Waals surface area contributed by atoms with Gasteiger partial charge in [-0.2, -0.15) is 0 Å². The molecule has 418 valence electrons. The molecule has 73 heavy (non-hydrogen) atoms. The fourth-order valence-corrected chi connectivity index (χ4v) is 16.2. The van der Waals surface area contributed by atoms with Gasteiger partial charge >= 0.3 is 5.97 Å². The van der Waals surface area contributed by atoms with E-state index in [1.165, 1.54) is 19.4 Å². The lowest BCUT2D eigenvalue weighted by Crippen LogP contribution is -2.68. The van der Waals surface area contributed by atoms with E-state index in [0.717, 1.165) is 44.9 Å². The number of hydrogen-bond donors (Lipinski definition) is 11. The molecule has 0 spiro atoms. The Morgan fingerprint density at radius 3 is 1.81 bits per heavy atom. The van der Waals surface area contributed by atoms with Crippen molar-refractivity contribution in [1.29, 1.82) is 0 Å². The summed E-state index contributed by atoms with van der Waals surface area (Å²) in [7, 11) is 0. The number of carbonyl (C=O) groups is 1. The highest BCUT2D eigenvalue weighted by molar-refractivity contribution is 5.76. The zero-order valence-corrected chi connectivity index (χ0v) is 43.9. The molecule has 4 heterocycles. The topological polar surface area (TPSA) is 313 Å². The lowest BCUT2D eigenvalue weighted by atomic mass is 9.33. The summed E-state index contributed by atoms with van der Waals surface area (Å²) in [5.74, 6) is -0.0931. The van der Waals surface area contributed by atoms with Crippen LogP contribution in [-0.2, 0) is 42.7 Å². The van der Waals surface area contributed by atoms with Gasteiger partial charge in [-0.15, -0.1) is 0 Å². The fraction of sp³-hybridized carbons (Fsp3) is 0.943. The fourth-order valence-electron chi connectivity index (χ4n) is 16.2. The Hall–Kier alpha value is -1.51. The van der Waals surface area contributed by atoms with Crippen molar-refractivity contribution < 1.29 is 98.9 Å². The van der Waals surface area contributed by atoms with Crippen molar-refractivity contribution in [3.05, 3.63) is 11.6 Å². The number of aliphatic carboxylic acids is 1. The van der Waals surface area contributed by atoms with Crippen LogP contribution in [0.5, 0.6) is 0 Å². The SMILES string of the molecule is CC1OC(OC2C(CO)OC(OC3C(O)COC(OC4CCC5(C)C(CCC6(C)C5CC=C5C7CC(C)(C)CCC7(C(=O)O)CCC56C)C4(C)C)C3O)C(OC3OC(C)C(O)C(O)C3O)C2O)C(O)C(O)C1O. The molecule has 9 aliphatic rings. The normalized spacial score (nSPS) is 54.7. The maximum absolute atomic E-state index is 13.2. The number of ether oxygens (including phenoxy) is 8. The zero-order chi connectivity index (χ0) is 53.3. The number of fused-ring (bicyclic) bond motifs is 7. The first-order valence-corrected chi connectivity index (χ1v) is 26.9. The third-order valence-corrected chi connectivity index (χ3v) is 21.0. The molecular weight excluding hydrogens is 957 g/mol. The molecule has 27 atom stereocenters. The first-order valence-electron chi connectivity index (χ1n) is 26.9. The van der Waals surface area contributed by atoms with E-state index in [1.807, 2.05) is 0 Å². The van der Waals surface area contributed by atoms with E-state index in [1.54, 1.807) is 0 Å². The first-order chi connectivity index (χ1) is 34.1. The molecule has 4 aliphatic heterocycles. The minimum absolute atomic E-state index is 0.0132. The lowest BCUT2D eigenvalue weighted by Gasteiger charge is -2.71.